The predicted molar refractivity (Wildman–Crippen MR) is 30.0 cm³/mol. The van der Waals surface area contributed by atoms with Crippen LogP contribution in [0.5, 0.6) is 0 Å². The molecule has 0 amide bonds. The first kappa shape index (κ1) is 7.71. The third-order valence-corrected chi connectivity index (χ3v) is 0.863. The molecule has 0 nitrogen and oxygen atoms in total. The van der Waals surface area contributed by atoms with Crippen molar-refractivity contribution in [1.82, 2.24) is 0 Å². The van der Waals surface area contributed by atoms with Crippen molar-refractivity contribution < 1.29 is 16.5 Å². The molecular weight excluding hydrogens is 143 g/mol. The van der Waals surface area contributed by atoms with E-state index in [1.807, 2.05) is 18.2 Å². The summed E-state index contributed by atoms with van der Waals surface area (Å²) in [6, 6.07) is 10.8. The normalized spacial score (nSPS) is 7.62. The molecule has 1 aromatic carbocycles. The van der Waals surface area contributed by atoms with Crippen LogP contribution in [0.1, 0.15) is 5.56 Å². The van der Waals surface area contributed by atoms with E-state index in [0.29, 0.717) is 0 Å². The molecule has 0 saturated carbocycles. The molecule has 0 fully saturated rings. The van der Waals surface area contributed by atoms with Crippen molar-refractivity contribution >= 4 is 0 Å². The maximum Gasteiger partial charge on any atom is 0 e. The minimum atomic E-state index is 0. The molecule has 0 spiro atoms. The Hall–Kier alpha value is -0.286. The summed E-state index contributed by atoms with van der Waals surface area (Å²) in [6.07, 6.45) is 0. The third kappa shape index (κ3) is 2.13. The first-order chi connectivity index (χ1) is 3.39. The van der Waals surface area contributed by atoms with Gasteiger partial charge in [0.05, 0.1) is 0 Å². The van der Waals surface area contributed by atoms with Gasteiger partial charge in [-0.15, -0.1) is 0 Å². The fourth-order valence-corrected chi connectivity index (χ4v) is 0.483. The van der Waals surface area contributed by atoms with Crippen molar-refractivity contribution in [3.63, 3.8) is 0 Å². The molecule has 0 aromatic heterocycles. The monoisotopic (exact) mass is 149 g/mol. The SMILES string of the molecule is Cc1c[c-]ccc1.[Ni]. The molecule has 0 bridgehead atoms. The zero-order valence-corrected chi connectivity index (χ0v) is 5.61. The van der Waals surface area contributed by atoms with Crippen molar-refractivity contribution in [3.05, 3.63) is 35.9 Å². The van der Waals surface area contributed by atoms with Crippen molar-refractivity contribution in [3.8, 4) is 0 Å². The van der Waals surface area contributed by atoms with Crippen LogP contribution in [-0.4, -0.2) is 0 Å². The molecule has 0 heterocycles. The van der Waals surface area contributed by atoms with Crippen molar-refractivity contribution in [1.29, 1.82) is 0 Å². The quantitative estimate of drug-likeness (QED) is 0.390. The molecule has 0 aliphatic rings. The average molecular weight is 150 g/mol. The van der Waals surface area contributed by atoms with Gasteiger partial charge >= 0.3 is 0 Å². The molecule has 46 valence electrons. The molecule has 0 saturated heterocycles. The first-order valence-corrected chi connectivity index (χ1v) is 2.32. The second-order valence-electron chi connectivity index (χ2n) is 1.58. The van der Waals surface area contributed by atoms with E-state index in [0.717, 1.165) is 0 Å². The van der Waals surface area contributed by atoms with Crippen LogP contribution in [0.2, 0.25) is 0 Å². The van der Waals surface area contributed by atoms with Gasteiger partial charge in [0, 0.05) is 16.5 Å². The summed E-state index contributed by atoms with van der Waals surface area (Å²) in [6.45, 7) is 2.05. The van der Waals surface area contributed by atoms with Gasteiger partial charge in [0.1, 0.15) is 0 Å². The van der Waals surface area contributed by atoms with Gasteiger partial charge in [0.15, 0.2) is 0 Å². The fourth-order valence-electron chi connectivity index (χ4n) is 0.483. The van der Waals surface area contributed by atoms with Crippen LogP contribution in [-0.2, 0) is 16.5 Å². The smallest absolute Gasteiger partial charge is 0 e. The van der Waals surface area contributed by atoms with Gasteiger partial charge in [-0.25, -0.2) is 0 Å². The summed E-state index contributed by atoms with van der Waals surface area (Å²) < 4.78 is 0. The summed E-state index contributed by atoms with van der Waals surface area (Å²) in [5, 5.41) is 0. The second kappa shape index (κ2) is 3.68. The average Bonchev–Trinajstić information content (AvgIpc) is 1.69. The zero-order valence-electron chi connectivity index (χ0n) is 4.63. The molecule has 1 aromatic rings. The van der Waals surface area contributed by atoms with E-state index < -0.39 is 0 Å². The number of rotatable bonds is 0. The topological polar surface area (TPSA) is 0 Å². The largest absolute Gasteiger partial charge is 0.184 e. The van der Waals surface area contributed by atoms with E-state index >= 15 is 0 Å². The Bertz CT molecular complexity index is 134. The van der Waals surface area contributed by atoms with Crippen LogP contribution in [0.3, 0.4) is 0 Å². The van der Waals surface area contributed by atoms with Crippen molar-refractivity contribution in [2.45, 2.75) is 6.92 Å². The zero-order chi connectivity index (χ0) is 5.11. The van der Waals surface area contributed by atoms with E-state index in [9.17, 15) is 0 Å². The van der Waals surface area contributed by atoms with Crippen LogP contribution in [0.4, 0.5) is 0 Å². The van der Waals surface area contributed by atoms with Crippen LogP contribution in [0, 0.1) is 13.0 Å². The minimum absolute atomic E-state index is 0. The van der Waals surface area contributed by atoms with Crippen molar-refractivity contribution in [2.75, 3.05) is 0 Å². The summed E-state index contributed by atoms with van der Waals surface area (Å²) >= 11 is 0. The Kier molecular flexibility index (Phi) is 3.55. The maximum atomic E-state index is 2.96. The Morgan fingerprint density at radius 1 is 1.50 bits per heavy atom. The van der Waals surface area contributed by atoms with Gasteiger partial charge in [-0.05, 0) is 0 Å². The van der Waals surface area contributed by atoms with Crippen LogP contribution in [0.15, 0.2) is 24.3 Å². The van der Waals surface area contributed by atoms with Crippen LogP contribution < -0.4 is 0 Å². The molecule has 1 rings (SSSR count). The molecule has 1 heteroatoms. The van der Waals surface area contributed by atoms with Gasteiger partial charge in [-0.2, -0.15) is 35.9 Å². The molecule has 0 aliphatic heterocycles. The van der Waals surface area contributed by atoms with E-state index in [4.69, 9.17) is 0 Å². The Balaban J connectivity index is 0.000000490. The van der Waals surface area contributed by atoms with Gasteiger partial charge in [0.2, 0.25) is 0 Å². The summed E-state index contributed by atoms with van der Waals surface area (Å²) in [4.78, 5) is 0. The molecular formula is C7H7Ni-. The maximum absolute atomic E-state index is 2.96. The molecule has 0 N–H and O–H groups in total. The van der Waals surface area contributed by atoms with E-state index in [-0.39, 0.29) is 16.5 Å². The van der Waals surface area contributed by atoms with E-state index in [1.54, 1.807) is 0 Å². The third-order valence-electron chi connectivity index (χ3n) is 0.863. The van der Waals surface area contributed by atoms with E-state index in [1.165, 1.54) is 5.56 Å². The molecule has 0 atom stereocenters. The van der Waals surface area contributed by atoms with Gasteiger partial charge in [-0.3, -0.25) is 0 Å². The molecule has 8 heavy (non-hydrogen) atoms. The summed E-state index contributed by atoms with van der Waals surface area (Å²) in [5.74, 6) is 0. The van der Waals surface area contributed by atoms with Crippen LogP contribution in [0.25, 0.3) is 0 Å². The predicted octanol–water partition coefficient (Wildman–Crippen LogP) is 1.79. The Labute approximate surface area is 59.8 Å². The standard InChI is InChI=1S/C7H7.Ni/c1-7-5-3-2-4-6-7;/h2-3,5-6H,1H3;/q-1;. The molecule has 0 aliphatic carbocycles. The number of aryl methyl sites for hydroxylation is 1. The Morgan fingerprint density at radius 2 is 2.25 bits per heavy atom. The summed E-state index contributed by atoms with van der Waals surface area (Å²) in [7, 11) is 0. The molecule has 0 radical (unpaired) electrons. The molecule has 0 unspecified atom stereocenters. The second-order valence-corrected chi connectivity index (χ2v) is 1.58. The number of hydrogen-bond acceptors (Lipinski definition) is 0. The Morgan fingerprint density at radius 3 is 2.50 bits per heavy atom. The van der Waals surface area contributed by atoms with Gasteiger partial charge in [0.25, 0.3) is 0 Å². The van der Waals surface area contributed by atoms with Gasteiger partial charge < -0.3 is 0 Å². The number of benzene rings is 1. The minimum Gasteiger partial charge on any atom is -0.184 e. The summed E-state index contributed by atoms with van der Waals surface area (Å²) in [5.41, 5.74) is 1.27. The van der Waals surface area contributed by atoms with Crippen LogP contribution >= 0.6 is 0 Å². The van der Waals surface area contributed by atoms with Gasteiger partial charge in [-0.1, -0.05) is 6.92 Å². The first-order valence-electron chi connectivity index (χ1n) is 2.32. The fraction of sp³-hybridized carbons (Fsp3) is 0.143. The van der Waals surface area contributed by atoms with E-state index in [2.05, 4.69) is 19.1 Å². The number of hydrogen-bond donors (Lipinski definition) is 0. The van der Waals surface area contributed by atoms with Crippen molar-refractivity contribution in [2.24, 2.45) is 0 Å².